The van der Waals surface area contributed by atoms with Crippen molar-refractivity contribution in [2.45, 2.75) is 0 Å². The van der Waals surface area contributed by atoms with E-state index < -0.39 is 0 Å². The molecular formula is C20H13N3O. The van der Waals surface area contributed by atoms with Gasteiger partial charge in [-0.1, -0.05) is 42.5 Å². The second kappa shape index (κ2) is 4.80. The third-order valence-electron chi connectivity index (χ3n) is 4.33. The predicted octanol–water partition coefficient (Wildman–Crippen LogP) is 3.79. The summed E-state index contributed by atoms with van der Waals surface area (Å²) in [4.78, 5) is 17.9. The van der Waals surface area contributed by atoms with Crippen LogP contribution in [-0.4, -0.2) is 14.2 Å². The third-order valence-corrected chi connectivity index (χ3v) is 4.33. The van der Waals surface area contributed by atoms with Gasteiger partial charge in [0.05, 0.1) is 22.1 Å². The maximum absolute atomic E-state index is 13.2. The number of fused-ring (bicyclic) bond motifs is 4. The molecule has 2 aromatic heterocycles. The summed E-state index contributed by atoms with van der Waals surface area (Å²) >= 11 is 0. The Labute approximate surface area is 137 Å². The van der Waals surface area contributed by atoms with E-state index in [1.165, 1.54) is 0 Å². The third kappa shape index (κ3) is 1.68. The summed E-state index contributed by atoms with van der Waals surface area (Å²) in [6.07, 6.45) is 0. The van der Waals surface area contributed by atoms with E-state index in [1.807, 2.05) is 83.5 Å². The number of rotatable bonds is 1. The molecule has 0 aliphatic rings. The van der Waals surface area contributed by atoms with Gasteiger partial charge >= 0.3 is 0 Å². The monoisotopic (exact) mass is 311 g/mol. The SMILES string of the molecule is O=c1c2ccccc2nc2c3ccccc3n(-c3ccccc3)n12. The van der Waals surface area contributed by atoms with Crippen LogP contribution in [0.2, 0.25) is 0 Å². The van der Waals surface area contributed by atoms with E-state index in [9.17, 15) is 4.79 Å². The highest BCUT2D eigenvalue weighted by Crippen LogP contribution is 2.24. The number of hydrogen-bond acceptors (Lipinski definition) is 2. The Morgan fingerprint density at radius 1 is 0.708 bits per heavy atom. The molecule has 0 aliphatic heterocycles. The van der Waals surface area contributed by atoms with Crippen LogP contribution >= 0.6 is 0 Å². The molecule has 0 spiro atoms. The van der Waals surface area contributed by atoms with Crippen molar-refractivity contribution in [1.29, 1.82) is 0 Å². The maximum atomic E-state index is 13.2. The van der Waals surface area contributed by atoms with Gasteiger partial charge in [0, 0.05) is 5.39 Å². The Bertz CT molecular complexity index is 1270. The van der Waals surface area contributed by atoms with E-state index in [0.29, 0.717) is 11.0 Å². The van der Waals surface area contributed by atoms with Gasteiger partial charge in [-0.15, -0.1) is 0 Å². The molecule has 24 heavy (non-hydrogen) atoms. The summed E-state index contributed by atoms with van der Waals surface area (Å²) in [5.74, 6) is 0. The van der Waals surface area contributed by atoms with Crippen LogP contribution in [0.15, 0.2) is 83.7 Å². The molecule has 0 N–H and O–H groups in total. The highest BCUT2D eigenvalue weighted by molar-refractivity contribution is 5.96. The molecule has 0 unspecified atom stereocenters. The first kappa shape index (κ1) is 13.1. The van der Waals surface area contributed by atoms with E-state index in [1.54, 1.807) is 4.52 Å². The number of hydrogen-bond donors (Lipinski definition) is 0. The summed E-state index contributed by atoms with van der Waals surface area (Å²) in [5.41, 5.74) is 3.23. The molecule has 3 aromatic carbocycles. The number of para-hydroxylation sites is 3. The maximum Gasteiger partial charge on any atom is 0.281 e. The van der Waals surface area contributed by atoms with Crippen LogP contribution in [-0.2, 0) is 0 Å². The van der Waals surface area contributed by atoms with Gasteiger partial charge in [0.15, 0.2) is 5.65 Å². The van der Waals surface area contributed by atoms with Crippen LogP contribution in [0.25, 0.3) is 33.1 Å². The van der Waals surface area contributed by atoms with Gasteiger partial charge in [0.1, 0.15) is 0 Å². The second-order valence-electron chi connectivity index (χ2n) is 5.73. The first-order valence-corrected chi connectivity index (χ1v) is 7.81. The highest BCUT2D eigenvalue weighted by Gasteiger charge is 2.16. The molecule has 0 atom stereocenters. The number of benzene rings is 3. The molecule has 0 bridgehead atoms. The molecule has 5 aromatic rings. The summed E-state index contributed by atoms with van der Waals surface area (Å²) in [6, 6.07) is 25.3. The Hall–Kier alpha value is -3.40. The molecule has 114 valence electrons. The molecule has 0 radical (unpaired) electrons. The summed E-state index contributed by atoms with van der Waals surface area (Å²) < 4.78 is 3.61. The van der Waals surface area contributed by atoms with Crippen LogP contribution < -0.4 is 5.56 Å². The lowest BCUT2D eigenvalue weighted by atomic mass is 10.2. The fourth-order valence-corrected chi connectivity index (χ4v) is 3.26. The van der Waals surface area contributed by atoms with Crippen molar-refractivity contribution in [2.75, 3.05) is 0 Å². The number of nitrogens with zero attached hydrogens (tertiary/aromatic N) is 3. The lowest BCUT2D eigenvalue weighted by Gasteiger charge is -2.08. The second-order valence-corrected chi connectivity index (χ2v) is 5.73. The Kier molecular flexibility index (Phi) is 2.61. The molecule has 0 saturated carbocycles. The summed E-state index contributed by atoms with van der Waals surface area (Å²) in [6.45, 7) is 0. The average molecular weight is 311 g/mol. The number of aromatic nitrogens is 3. The van der Waals surface area contributed by atoms with Crippen molar-refractivity contribution in [3.05, 3.63) is 89.2 Å². The van der Waals surface area contributed by atoms with Crippen molar-refractivity contribution in [3.63, 3.8) is 0 Å². The molecule has 0 aliphatic carbocycles. The van der Waals surface area contributed by atoms with Crippen LogP contribution in [0.3, 0.4) is 0 Å². The first-order chi connectivity index (χ1) is 11.8. The Balaban J connectivity index is 2.11. The lowest BCUT2D eigenvalue weighted by Crippen LogP contribution is -2.20. The molecule has 0 saturated heterocycles. The minimum Gasteiger partial charge on any atom is -0.267 e. The summed E-state index contributed by atoms with van der Waals surface area (Å²) in [7, 11) is 0. The molecule has 0 amide bonds. The van der Waals surface area contributed by atoms with Gasteiger partial charge in [-0.2, -0.15) is 4.52 Å². The van der Waals surface area contributed by atoms with Gasteiger partial charge in [0.2, 0.25) is 0 Å². The molecule has 2 heterocycles. The smallest absolute Gasteiger partial charge is 0.267 e. The normalized spacial score (nSPS) is 11.5. The van der Waals surface area contributed by atoms with Crippen molar-refractivity contribution in [2.24, 2.45) is 0 Å². The van der Waals surface area contributed by atoms with Gasteiger partial charge < -0.3 is 0 Å². The zero-order valence-corrected chi connectivity index (χ0v) is 12.8. The van der Waals surface area contributed by atoms with E-state index in [4.69, 9.17) is 4.98 Å². The largest absolute Gasteiger partial charge is 0.281 e. The van der Waals surface area contributed by atoms with Crippen LogP contribution in [0, 0.1) is 0 Å². The topological polar surface area (TPSA) is 39.3 Å². The van der Waals surface area contributed by atoms with E-state index in [0.717, 1.165) is 22.1 Å². The van der Waals surface area contributed by atoms with Crippen LogP contribution in [0.1, 0.15) is 0 Å². The molecular weight excluding hydrogens is 298 g/mol. The van der Waals surface area contributed by atoms with E-state index in [2.05, 4.69) is 0 Å². The van der Waals surface area contributed by atoms with Crippen molar-refractivity contribution >= 4 is 27.5 Å². The van der Waals surface area contributed by atoms with Crippen LogP contribution in [0.5, 0.6) is 0 Å². The predicted molar refractivity (Wildman–Crippen MR) is 95.8 cm³/mol. The summed E-state index contributed by atoms with van der Waals surface area (Å²) in [5, 5.41) is 1.58. The quantitative estimate of drug-likeness (QED) is 0.472. The minimum atomic E-state index is -0.0596. The van der Waals surface area contributed by atoms with Crippen molar-refractivity contribution < 1.29 is 0 Å². The fraction of sp³-hybridized carbons (Fsp3) is 0. The van der Waals surface area contributed by atoms with Crippen LogP contribution in [0.4, 0.5) is 0 Å². The van der Waals surface area contributed by atoms with Crippen molar-refractivity contribution in [3.8, 4) is 5.69 Å². The van der Waals surface area contributed by atoms with E-state index in [-0.39, 0.29) is 5.56 Å². The van der Waals surface area contributed by atoms with Gasteiger partial charge in [0.25, 0.3) is 5.56 Å². The highest BCUT2D eigenvalue weighted by atomic mass is 16.1. The van der Waals surface area contributed by atoms with E-state index >= 15 is 0 Å². The minimum absolute atomic E-state index is 0.0596. The lowest BCUT2D eigenvalue weighted by molar-refractivity contribution is 0.794. The van der Waals surface area contributed by atoms with Gasteiger partial charge in [-0.3, -0.25) is 4.79 Å². The molecule has 5 rings (SSSR count). The zero-order valence-electron chi connectivity index (χ0n) is 12.8. The Morgan fingerprint density at radius 2 is 1.38 bits per heavy atom. The molecule has 4 nitrogen and oxygen atoms in total. The zero-order chi connectivity index (χ0) is 16.1. The Morgan fingerprint density at radius 3 is 2.21 bits per heavy atom. The van der Waals surface area contributed by atoms with Gasteiger partial charge in [-0.05, 0) is 36.4 Å². The molecule has 4 heteroatoms. The molecule has 0 fully saturated rings. The fourth-order valence-electron chi connectivity index (χ4n) is 3.26. The first-order valence-electron chi connectivity index (χ1n) is 7.81. The van der Waals surface area contributed by atoms with Crippen molar-refractivity contribution in [1.82, 2.24) is 14.2 Å². The van der Waals surface area contributed by atoms with Gasteiger partial charge in [-0.25, -0.2) is 9.67 Å². The standard InChI is InChI=1S/C20H13N3O/c24-20-15-10-4-6-12-17(15)21-19-16-11-5-7-13-18(16)22(23(19)20)14-8-2-1-3-9-14/h1-13H. The average Bonchev–Trinajstić information content (AvgIpc) is 2.98.